The van der Waals surface area contributed by atoms with Gasteiger partial charge in [-0.2, -0.15) is 0 Å². The maximum Gasteiger partial charge on any atom is 0.0701 e. The van der Waals surface area contributed by atoms with Gasteiger partial charge in [0.2, 0.25) is 0 Å². The summed E-state index contributed by atoms with van der Waals surface area (Å²) in [5.41, 5.74) is 0.0468. The first kappa shape index (κ1) is 13.2. The van der Waals surface area contributed by atoms with Crippen molar-refractivity contribution in [1.82, 2.24) is 5.32 Å². The first-order chi connectivity index (χ1) is 7.09. The van der Waals surface area contributed by atoms with E-state index in [1.807, 2.05) is 0 Å². The minimum Gasteiger partial charge on any atom is -0.396 e. The van der Waals surface area contributed by atoms with Crippen molar-refractivity contribution >= 4 is 27.3 Å². The third-order valence-corrected chi connectivity index (χ3v) is 4.39. The van der Waals surface area contributed by atoms with Crippen molar-refractivity contribution in [2.45, 2.75) is 38.8 Å². The van der Waals surface area contributed by atoms with Gasteiger partial charge in [0.05, 0.1) is 3.79 Å². The van der Waals surface area contributed by atoms with Gasteiger partial charge < -0.3 is 10.4 Å². The molecular formula is C11H18BrNOS. The Morgan fingerprint density at radius 1 is 1.53 bits per heavy atom. The van der Waals surface area contributed by atoms with E-state index >= 15 is 0 Å². The van der Waals surface area contributed by atoms with E-state index in [2.05, 4.69) is 47.2 Å². The molecule has 86 valence electrons. The van der Waals surface area contributed by atoms with Crippen LogP contribution in [0.3, 0.4) is 0 Å². The van der Waals surface area contributed by atoms with E-state index in [4.69, 9.17) is 5.11 Å². The fourth-order valence-corrected chi connectivity index (χ4v) is 2.81. The maximum atomic E-state index is 8.99. The standard InChI is InChI=1S/C11H18BrNOS/c1-3-11(2,6-7-14)13-8-9-4-5-10(12)15-9/h4-5,13-14H,3,6-8H2,1-2H3. The monoisotopic (exact) mass is 291 g/mol. The lowest BCUT2D eigenvalue weighted by atomic mass is 9.95. The number of nitrogens with one attached hydrogen (secondary N) is 1. The highest BCUT2D eigenvalue weighted by atomic mass is 79.9. The predicted molar refractivity (Wildman–Crippen MR) is 69.3 cm³/mol. The molecule has 0 spiro atoms. The van der Waals surface area contributed by atoms with Crippen molar-refractivity contribution in [1.29, 1.82) is 0 Å². The lowest BCUT2D eigenvalue weighted by Gasteiger charge is -2.28. The van der Waals surface area contributed by atoms with Gasteiger partial charge in [-0.05, 0) is 47.8 Å². The highest BCUT2D eigenvalue weighted by Crippen LogP contribution is 2.23. The van der Waals surface area contributed by atoms with Gasteiger partial charge in [-0.15, -0.1) is 11.3 Å². The molecule has 0 aliphatic rings. The Morgan fingerprint density at radius 2 is 2.27 bits per heavy atom. The van der Waals surface area contributed by atoms with Crippen LogP contribution in [0, 0.1) is 0 Å². The molecule has 1 atom stereocenters. The molecule has 1 aromatic rings. The summed E-state index contributed by atoms with van der Waals surface area (Å²) in [7, 11) is 0. The van der Waals surface area contributed by atoms with Gasteiger partial charge in [0, 0.05) is 23.6 Å². The Morgan fingerprint density at radius 3 is 2.73 bits per heavy atom. The van der Waals surface area contributed by atoms with Crippen molar-refractivity contribution in [3.8, 4) is 0 Å². The molecule has 0 bridgehead atoms. The molecule has 0 aliphatic heterocycles. The van der Waals surface area contributed by atoms with Crippen LogP contribution in [0.5, 0.6) is 0 Å². The highest BCUT2D eigenvalue weighted by Gasteiger charge is 2.20. The summed E-state index contributed by atoms with van der Waals surface area (Å²) >= 11 is 5.20. The van der Waals surface area contributed by atoms with E-state index in [1.54, 1.807) is 11.3 Å². The second-order valence-corrected chi connectivity index (χ2v) is 6.49. The molecule has 0 amide bonds. The van der Waals surface area contributed by atoms with Crippen molar-refractivity contribution in [3.63, 3.8) is 0 Å². The van der Waals surface area contributed by atoms with Crippen LogP contribution in [-0.2, 0) is 6.54 Å². The normalized spacial score (nSPS) is 15.2. The Bertz CT molecular complexity index is 303. The van der Waals surface area contributed by atoms with Gasteiger partial charge in [0.1, 0.15) is 0 Å². The van der Waals surface area contributed by atoms with E-state index in [1.165, 1.54) is 8.66 Å². The van der Waals surface area contributed by atoms with E-state index in [0.717, 1.165) is 19.4 Å². The molecule has 1 rings (SSSR count). The van der Waals surface area contributed by atoms with Crippen molar-refractivity contribution < 1.29 is 5.11 Å². The zero-order chi connectivity index (χ0) is 11.3. The van der Waals surface area contributed by atoms with Crippen molar-refractivity contribution in [2.24, 2.45) is 0 Å². The highest BCUT2D eigenvalue weighted by molar-refractivity contribution is 9.11. The Kier molecular flexibility index (Phi) is 5.26. The molecule has 1 unspecified atom stereocenters. The summed E-state index contributed by atoms with van der Waals surface area (Å²) in [5, 5.41) is 12.5. The lowest BCUT2D eigenvalue weighted by Crippen LogP contribution is -2.41. The van der Waals surface area contributed by atoms with Gasteiger partial charge in [-0.3, -0.25) is 0 Å². The molecule has 15 heavy (non-hydrogen) atoms. The summed E-state index contributed by atoms with van der Waals surface area (Å²) in [6, 6.07) is 4.19. The summed E-state index contributed by atoms with van der Waals surface area (Å²) in [6.07, 6.45) is 1.83. The molecular weight excluding hydrogens is 274 g/mol. The number of aliphatic hydroxyl groups excluding tert-OH is 1. The minimum absolute atomic E-state index is 0.0468. The second-order valence-electron chi connectivity index (χ2n) is 3.95. The molecule has 2 N–H and O–H groups in total. The van der Waals surface area contributed by atoms with Crippen LogP contribution in [0.4, 0.5) is 0 Å². The van der Waals surface area contributed by atoms with Gasteiger partial charge >= 0.3 is 0 Å². The molecule has 0 saturated carbocycles. The SMILES string of the molecule is CCC(C)(CCO)NCc1ccc(Br)s1. The molecule has 0 aliphatic carbocycles. The molecule has 1 heterocycles. The summed E-state index contributed by atoms with van der Waals surface area (Å²) < 4.78 is 1.17. The number of hydrogen-bond acceptors (Lipinski definition) is 3. The maximum absolute atomic E-state index is 8.99. The van der Waals surface area contributed by atoms with Gasteiger partial charge in [-0.25, -0.2) is 0 Å². The number of hydrogen-bond donors (Lipinski definition) is 2. The van der Waals surface area contributed by atoms with E-state index in [9.17, 15) is 0 Å². The Hall–Kier alpha value is 0.1000. The van der Waals surface area contributed by atoms with Crippen LogP contribution in [0.25, 0.3) is 0 Å². The number of rotatable bonds is 6. The minimum atomic E-state index is 0.0468. The fourth-order valence-electron chi connectivity index (χ4n) is 1.38. The van der Waals surface area contributed by atoms with Crippen LogP contribution >= 0.6 is 27.3 Å². The largest absolute Gasteiger partial charge is 0.396 e. The molecule has 2 nitrogen and oxygen atoms in total. The average Bonchev–Trinajstić information content (AvgIpc) is 2.62. The quantitative estimate of drug-likeness (QED) is 0.844. The van der Waals surface area contributed by atoms with E-state index < -0.39 is 0 Å². The van der Waals surface area contributed by atoms with Crippen molar-refractivity contribution in [3.05, 3.63) is 20.8 Å². The lowest BCUT2D eigenvalue weighted by molar-refractivity contribution is 0.215. The summed E-state index contributed by atoms with van der Waals surface area (Å²) in [4.78, 5) is 1.32. The Labute approximate surface area is 104 Å². The number of halogens is 1. The molecule has 4 heteroatoms. The average molecular weight is 292 g/mol. The molecule has 0 radical (unpaired) electrons. The van der Waals surface area contributed by atoms with Crippen LogP contribution in [0.15, 0.2) is 15.9 Å². The fraction of sp³-hybridized carbons (Fsp3) is 0.636. The van der Waals surface area contributed by atoms with Crippen LogP contribution in [0.1, 0.15) is 31.6 Å². The number of aliphatic hydroxyl groups is 1. The number of thiophene rings is 1. The van der Waals surface area contributed by atoms with E-state index in [0.29, 0.717) is 0 Å². The summed E-state index contributed by atoms with van der Waals surface area (Å²) in [5.74, 6) is 0. The van der Waals surface area contributed by atoms with Crippen LogP contribution in [-0.4, -0.2) is 17.3 Å². The summed E-state index contributed by atoms with van der Waals surface area (Å²) in [6.45, 7) is 5.42. The molecule has 0 aromatic carbocycles. The smallest absolute Gasteiger partial charge is 0.0701 e. The van der Waals surface area contributed by atoms with Crippen LogP contribution in [0.2, 0.25) is 0 Å². The predicted octanol–water partition coefficient (Wildman–Crippen LogP) is 3.15. The third kappa shape index (κ3) is 4.23. The van der Waals surface area contributed by atoms with E-state index in [-0.39, 0.29) is 12.1 Å². The van der Waals surface area contributed by atoms with Crippen molar-refractivity contribution in [2.75, 3.05) is 6.61 Å². The zero-order valence-corrected chi connectivity index (χ0v) is 11.6. The van der Waals surface area contributed by atoms with Gasteiger partial charge in [-0.1, -0.05) is 6.92 Å². The third-order valence-electron chi connectivity index (χ3n) is 2.76. The second kappa shape index (κ2) is 5.99. The van der Waals surface area contributed by atoms with Gasteiger partial charge in [0.15, 0.2) is 0 Å². The first-order valence-corrected chi connectivity index (χ1v) is 6.80. The molecule has 1 aromatic heterocycles. The topological polar surface area (TPSA) is 32.3 Å². The van der Waals surface area contributed by atoms with Gasteiger partial charge in [0.25, 0.3) is 0 Å². The van der Waals surface area contributed by atoms with Crippen LogP contribution < -0.4 is 5.32 Å². The Balaban J connectivity index is 2.47. The zero-order valence-electron chi connectivity index (χ0n) is 9.22. The molecule has 0 saturated heterocycles. The molecule has 0 fully saturated rings. The first-order valence-electron chi connectivity index (χ1n) is 5.20.